The number of aliphatic hydroxyl groups is 1. The fraction of sp³-hybridized carbons (Fsp3) is 0.429. The van der Waals surface area contributed by atoms with Gasteiger partial charge < -0.3 is 20.6 Å². The average molecular weight is 485 g/mol. The molecule has 0 spiro atoms. The summed E-state index contributed by atoms with van der Waals surface area (Å²) in [6.45, 7) is 3.79. The lowest BCUT2D eigenvalue weighted by molar-refractivity contribution is -0.404. The van der Waals surface area contributed by atoms with Crippen LogP contribution >= 0.6 is 34.7 Å². The third-order valence-corrected chi connectivity index (χ3v) is 6.94. The van der Waals surface area contributed by atoms with Crippen molar-refractivity contribution in [3.63, 3.8) is 0 Å². The number of thioether (sulfide) groups is 1. The van der Waals surface area contributed by atoms with Gasteiger partial charge in [-0.2, -0.15) is 11.8 Å². The maximum absolute atomic E-state index is 10.9. The largest absolute Gasteiger partial charge is 0.387 e. The Morgan fingerprint density at radius 3 is 2.84 bits per heavy atom. The van der Waals surface area contributed by atoms with Gasteiger partial charge in [0.15, 0.2) is 5.82 Å². The summed E-state index contributed by atoms with van der Waals surface area (Å²) in [5.74, 6) is 1.98. The first-order valence-electron chi connectivity index (χ1n) is 9.82. The molecule has 0 amide bonds. The molecule has 0 radical (unpaired) electrons. The third kappa shape index (κ3) is 9.49. The lowest BCUT2D eigenvalue weighted by Crippen LogP contribution is -2.31. The van der Waals surface area contributed by atoms with Gasteiger partial charge in [0.05, 0.1) is 11.0 Å². The molecule has 31 heavy (non-hydrogen) atoms. The van der Waals surface area contributed by atoms with E-state index < -0.39 is 11.0 Å². The van der Waals surface area contributed by atoms with Crippen LogP contribution in [0.4, 0.5) is 0 Å². The first-order valence-corrected chi connectivity index (χ1v) is 12.2. The van der Waals surface area contributed by atoms with E-state index in [9.17, 15) is 15.2 Å². The Bertz CT molecular complexity index is 889. The summed E-state index contributed by atoms with van der Waals surface area (Å²) in [5.41, 5.74) is 1.97. The van der Waals surface area contributed by atoms with E-state index >= 15 is 0 Å². The van der Waals surface area contributed by atoms with Gasteiger partial charge >= 0.3 is 0 Å². The average Bonchev–Trinajstić information content (AvgIpc) is 3.03. The van der Waals surface area contributed by atoms with E-state index in [1.54, 1.807) is 36.0 Å². The minimum Gasteiger partial charge on any atom is -0.387 e. The van der Waals surface area contributed by atoms with Crippen molar-refractivity contribution in [2.75, 3.05) is 32.9 Å². The highest BCUT2D eigenvalue weighted by molar-refractivity contribution is 7.98. The van der Waals surface area contributed by atoms with Crippen LogP contribution in [-0.4, -0.2) is 47.9 Å². The summed E-state index contributed by atoms with van der Waals surface area (Å²) in [5, 5.41) is 27.7. The van der Waals surface area contributed by atoms with Crippen LogP contribution in [0.15, 0.2) is 42.4 Å². The van der Waals surface area contributed by atoms with Gasteiger partial charge in [0.1, 0.15) is 0 Å². The molecule has 0 aliphatic rings. The van der Waals surface area contributed by atoms with Gasteiger partial charge in [-0.1, -0.05) is 23.7 Å². The fourth-order valence-corrected chi connectivity index (χ4v) is 5.29. The Hall–Kier alpha value is -1.78. The first kappa shape index (κ1) is 25.5. The maximum atomic E-state index is 10.9. The highest BCUT2D eigenvalue weighted by Gasteiger charge is 2.11. The van der Waals surface area contributed by atoms with Crippen molar-refractivity contribution < 1.29 is 10.0 Å². The van der Waals surface area contributed by atoms with E-state index in [2.05, 4.69) is 42.6 Å². The van der Waals surface area contributed by atoms with Crippen molar-refractivity contribution in [1.82, 2.24) is 15.5 Å². The molecule has 2 aromatic rings. The van der Waals surface area contributed by atoms with E-state index in [1.165, 1.54) is 15.3 Å². The number of nitrogens with zero attached hydrogens (tertiary/aromatic N) is 2. The second kappa shape index (κ2) is 12.9. The SMILES string of the molecule is Cc1cc(CSCCNC(=C[N+](=O)[O-])NCC(O)c2cccc(Cl)c2)sc1CN(C)C. The number of aliphatic hydroxyl groups excluding tert-OH is 1. The van der Waals surface area contributed by atoms with E-state index in [4.69, 9.17) is 11.6 Å². The molecule has 0 saturated heterocycles. The predicted octanol–water partition coefficient (Wildman–Crippen LogP) is 3.99. The Kier molecular flexibility index (Phi) is 10.6. The topological polar surface area (TPSA) is 90.7 Å². The molecule has 0 bridgehead atoms. The quantitative estimate of drug-likeness (QED) is 0.225. The van der Waals surface area contributed by atoms with Gasteiger partial charge in [0.25, 0.3) is 6.20 Å². The summed E-state index contributed by atoms with van der Waals surface area (Å²) in [4.78, 5) is 15.3. The van der Waals surface area contributed by atoms with Crippen LogP contribution in [0.3, 0.4) is 0 Å². The van der Waals surface area contributed by atoms with Crippen molar-refractivity contribution >= 4 is 34.7 Å². The third-order valence-electron chi connectivity index (χ3n) is 4.29. The number of nitro groups is 1. The van der Waals surface area contributed by atoms with Crippen LogP contribution in [0.1, 0.15) is 27.0 Å². The second-order valence-electron chi connectivity index (χ2n) is 7.32. The Morgan fingerprint density at radius 1 is 1.39 bits per heavy atom. The Morgan fingerprint density at radius 2 is 2.16 bits per heavy atom. The number of aryl methyl sites for hydroxylation is 1. The molecule has 7 nitrogen and oxygen atoms in total. The molecule has 3 N–H and O–H groups in total. The molecule has 1 atom stereocenters. The van der Waals surface area contributed by atoms with Crippen molar-refractivity contribution in [3.05, 3.63) is 78.4 Å². The summed E-state index contributed by atoms with van der Waals surface area (Å²) in [7, 11) is 4.13. The first-order chi connectivity index (χ1) is 14.7. The number of hydrogen-bond donors (Lipinski definition) is 3. The van der Waals surface area contributed by atoms with E-state index in [-0.39, 0.29) is 12.4 Å². The van der Waals surface area contributed by atoms with Crippen LogP contribution in [0.5, 0.6) is 0 Å². The molecule has 2 rings (SSSR count). The van der Waals surface area contributed by atoms with Crippen LogP contribution in [0.25, 0.3) is 0 Å². The lowest BCUT2D eigenvalue weighted by atomic mass is 10.1. The van der Waals surface area contributed by atoms with Crippen molar-refractivity contribution in [2.45, 2.75) is 25.3 Å². The minimum atomic E-state index is -0.830. The highest BCUT2D eigenvalue weighted by Crippen LogP contribution is 2.26. The standard InChI is InChI=1S/C21H29ClN4O3S2/c1-15-9-18(31-20(15)12-25(2)3)14-30-8-7-23-21(13-26(28)29)24-11-19(27)16-5-4-6-17(22)10-16/h4-6,9-10,13,19,23-24,27H,7-8,11-12,14H2,1-3H3. The summed E-state index contributed by atoms with van der Waals surface area (Å²) in [6.07, 6.45) is 0.0503. The van der Waals surface area contributed by atoms with Crippen LogP contribution < -0.4 is 10.6 Å². The van der Waals surface area contributed by atoms with Crippen LogP contribution in [0.2, 0.25) is 5.02 Å². The molecule has 1 unspecified atom stereocenters. The second-order valence-corrected chi connectivity index (χ2v) is 10.1. The molecule has 170 valence electrons. The number of halogens is 1. The number of thiophene rings is 1. The van der Waals surface area contributed by atoms with E-state index in [0.717, 1.165) is 24.3 Å². The molecular weight excluding hydrogens is 456 g/mol. The van der Waals surface area contributed by atoms with Crippen molar-refractivity contribution in [2.24, 2.45) is 0 Å². The number of hydrogen-bond acceptors (Lipinski definition) is 8. The van der Waals surface area contributed by atoms with Gasteiger partial charge in [-0.3, -0.25) is 10.1 Å². The van der Waals surface area contributed by atoms with Crippen molar-refractivity contribution in [1.29, 1.82) is 0 Å². The zero-order chi connectivity index (χ0) is 22.8. The van der Waals surface area contributed by atoms with Crippen LogP contribution in [0, 0.1) is 17.0 Å². The number of nitrogens with one attached hydrogen (secondary N) is 2. The molecule has 1 aromatic heterocycles. The summed E-state index contributed by atoms with van der Waals surface area (Å²) < 4.78 is 0. The zero-order valence-electron chi connectivity index (χ0n) is 17.9. The van der Waals surface area contributed by atoms with Gasteiger partial charge in [0.2, 0.25) is 0 Å². The fourth-order valence-electron chi connectivity index (χ4n) is 2.83. The predicted molar refractivity (Wildman–Crippen MR) is 130 cm³/mol. The maximum Gasteiger partial charge on any atom is 0.274 e. The molecule has 0 aliphatic carbocycles. The summed E-state index contributed by atoms with van der Waals surface area (Å²) in [6, 6.07) is 9.15. The van der Waals surface area contributed by atoms with Crippen molar-refractivity contribution in [3.8, 4) is 0 Å². The van der Waals surface area contributed by atoms with Gasteiger partial charge in [-0.15, -0.1) is 11.3 Å². The van der Waals surface area contributed by atoms with E-state index in [1.807, 2.05) is 11.3 Å². The lowest BCUT2D eigenvalue weighted by Gasteiger charge is -2.15. The van der Waals surface area contributed by atoms with Gasteiger partial charge in [-0.05, 0) is 50.3 Å². The molecule has 0 aliphatic heterocycles. The smallest absolute Gasteiger partial charge is 0.274 e. The van der Waals surface area contributed by atoms with Gasteiger partial charge in [-0.25, -0.2) is 0 Å². The Labute approximate surface area is 196 Å². The van der Waals surface area contributed by atoms with E-state index in [0.29, 0.717) is 17.1 Å². The minimum absolute atomic E-state index is 0.128. The normalized spacial score (nSPS) is 12.8. The highest BCUT2D eigenvalue weighted by atomic mass is 35.5. The number of benzene rings is 1. The molecular formula is C21H29ClN4O3S2. The molecule has 0 fully saturated rings. The van der Waals surface area contributed by atoms with Gasteiger partial charge in [0, 0.05) is 45.9 Å². The molecule has 10 heteroatoms. The Balaban J connectivity index is 1.77. The van der Waals surface area contributed by atoms with Crippen LogP contribution in [-0.2, 0) is 12.3 Å². The monoisotopic (exact) mass is 484 g/mol. The zero-order valence-corrected chi connectivity index (χ0v) is 20.3. The number of rotatable bonds is 13. The summed E-state index contributed by atoms with van der Waals surface area (Å²) >= 11 is 9.56. The molecule has 0 saturated carbocycles. The molecule has 1 heterocycles. The molecule has 1 aromatic carbocycles.